The van der Waals surface area contributed by atoms with Crippen LogP contribution >= 0.6 is 19.3 Å². The van der Waals surface area contributed by atoms with Crippen molar-refractivity contribution in [1.29, 1.82) is 0 Å². The lowest BCUT2D eigenvalue weighted by Gasteiger charge is -2.31. The monoisotopic (exact) mass is 655 g/mol. The highest BCUT2D eigenvalue weighted by molar-refractivity contribution is 7.52. The van der Waals surface area contributed by atoms with Crippen LogP contribution < -0.4 is 20.7 Å². The van der Waals surface area contributed by atoms with E-state index in [2.05, 4.69) is 25.4 Å². The molecule has 1 saturated heterocycles. The van der Waals surface area contributed by atoms with Crippen LogP contribution in [0.15, 0.2) is 36.7 Å². The molecule has 6 atom stereocenters. The Balaban J connectivity index is 1.39. The van der Waals surface area contributed by atoms with Gasteiger partial charge in [0.05, 0.1) is 24.9 Å². The summed E-state index contributed by atoms with van der Waals surface area (Å²) in [5.41, 5.74) is 4.60. The SMILES string of the molecule is CC(C)OC(=O)[C@H](C)NP(=O)(OC[C@@]1(CCl)O[C@@H](n2cnc3c(NC4CCC4)nc(N)nc32)[C@@H](F)[C@@H]1O)Oc1ccccc1. The summed E-state index contributed by atoms with van der Waals surface area (Å²) in [4.78, 5) is 25.3. The van der Waals surface area contributed by atoms with Crippen molar-refractivity contribution in [3.63, 3.8) is 0 Å². The van der Waals surface area contributed by atoms with Crippen LogP contribution in [0.4, 0.5) is 16.2 Å². The van der Waals surface area contributed by atoms with Gasteiger partial charge in [-0.05, 0) is 52.2 Å². The number of hydrogen-bond donors (Lipinski definition) is 4. The number of fused-ring (bicyclic) bond motifs is 1. The lowest BCUT2D eigenvalue weighted by Crippen LogP contribution is -2.48. The molecule has 17 heteroatoms. The Kier molecular flexibility index (Phi) is 9.64. The summed E-state index contributed by atoms with van der Waals surface area (Å²) in [6.45, 7) is 4.08. The second kappa shape index (κ2) is 13.1. The highest BCUT2D eigenvalue weighted by Crippen LogP contribution is 2.49. The molecule has 44 heavy (non-hydrogen) atoms. The van der Waals surface area contributed by atoms with E-state index in [9.17, 15) is 14.5 Å². The fourth-order valence-electron chi connectivity index (χ4n) is 4.79. The van der Waals surface area contributed by atoms with Gasteiger partial charge in [-0.1, -0.05) is 18.2 Å². The van der Waals surface area contributed by atoms with Crippen LogP contribution in [0.5, 0.6) is 5.75 Å². The minimum Gasteiger partial charge on any atom is -0.462 e. The third kappa shape index (κ3) is 6.77. The Hall–Kier alpha value is -3.07. The van der Waals surface area contributed by atoms with Crippen molar-refractivity contribution < 1.29 is 37.4 Å². The molecule has 0 amide bonds. The first-order chi connectivity index (χ1) is 20.9. The first kappa shape index (κ1) is 32.3. The zero-order chi connectivity index (χ0) is 31.6. The molecule has 5 rings (SSSR count). The molecule has 0 spiro atoms. The molecule has 3 heterocycles. The van der Waals surface area contributed by atoms with E-state index in [1.807, 2.05) is 0 Å². The maximum absolute atomic E-state index is 15.8. The van der Waals surface area contributed by atoms with Crippen LogP contribution in [-0.2, 0) is 23.4 Å². The Bertz CT molecular complexity index is 1510. The number of benzene rings is 1. The number of alkyl halides is 2. The molecular formula is C27H36ClFN7O7P. The van der Waals surface area contributed by atoms with Crippen LogP contribution in [0, 0.1) is 0 Å². The zero-order valence-corrected chi connectivity index (χ0v) is 26.1. The van der Waals surface area contributed by atoms with E-state index in [0.29, 0.717) is 11.3 Å². The number of para-hydroxylation sites is 1. The third-order valence-electron chi connectivity index (χ3n) is 7.36. The van der Waals surface area contributed by atoms with Crippen molar-refractivity contribution in [2.75, 3.05) is 23.5 Å². The molecule has 14 nitrogen and oxygen atoms in total. The van der Waals surface area contributed by atoms with Gasteiger partial charge in [0.15, 0.2) is 29.4 Å². The fraction of sp³-hybridized carbons (Fsp3) is 0.556. The van der Waals surface area contributed by atoms with Crippen molar-refractivity contribution in [3.05, 3.63) is 36.7 Å². The number of ether oxygens (including phenoxy) is 2. The number of aliphatic hydroxyl groups excluding tert-OH is 1. The number of nitrogens with two attached hydrogens (primary N) is 1. The largest absolute Gasteiger partial charge is 0.462 e. The minimum atomic E-state index is -4.38. The highest BCUT2D eigenvalue weighted by Gasteiger charge is 2.57. The van der Waals surface area contributed by atoms with E-state index in [1.54, 1.807) is 32.0 Å². The number of imidazole rings is 1. The third-order valence-corrected chi connectivity index (χ3v) is 9.43. The van der Waals surface area contributed by atoms with Crippen LogP contribution in [0.25, 0.3) is 11.2 Å². The fourth-order valence-corrected chi connectivity index (χ4v) is 6.64. The van der Waals surface area contributed by atoms with Gasteiger partial charge in [0.25, 0.3) is 0 Å². The zero-order valence-electron chi connectivity index (χ0n) is 24.4. The van der Waals surface area contributed by atoms with Crippen LogP contribution in [0.2, 0.25) is 0 Å². The number of aromatic nitrogens is 4. The number of nitrogens with one attached hydrogen (secondary N) is 2. The Morgan fingerprint density at radius 1 is 1.30 bits per heavy atom. The molecule has 5 N–H and O–H groups in total. The van der Waals surface area contributed by atoms with Gasteiger partial charge < -0.3 is 30.2 Å². The molecule has 2 fully saturated rings. The summed E-state index contributed by atoms with van der Waals surface area (Å²) < 4.78 is 53.7. The topological polar surface area (TPSA) is 185 Å². The molecule has 0 radical (unpaired) electrons. The van der Waals surface area contributed by atoms with Gasteiger partial charge in [-0.2, -0.15) is 15.1 Å². The number of carbonyl (C=O) groups is 1. The number of aliphatic hydroxyl groups is 1. The summed E-state index contributed by atoms with van der Waals surface area (Å²) in [7, 11) is -4.38. The summed E-state index contributed by atoms with van der Waals surface area (Å²) in [5.74, 6) is -0.646. The second-order valence-electron chi connectivity index (χ2n) is 11.1. The molecule has 3 aromatic rings. The average Bonchev–Trinajstić information content (AvgIpc) is 3.48. The summed E-state index contributed by atoms with van der Waals surface area (Å²) in [5, 5.41) is 16.9. The van der Waals surface area contributed by atoms with E-state index in [4.69, 9.17) is 35.9 Å². The van der Waals surface area contributed by atoms with Gasteiger partial charge in [0.1, 0.15) is 23.5 Å². The summed E-state index contributed by atoms with van der Waals surface area (Å²) in [6.07, 6.45) is -1.39. The molecule has 1 aromatic carbocycles. The number of rotatable bonds is 13. The van der Waals surface area contributed by atoms with E-state index in [0.717, 1.165) is 19.3 Å². The standard InChI is InChI=1S/C27H36ClFN7O7P/c1-15(2)41-25(38)16(3)35-44(39,43-18-10-5-4-6-11-18)40-13-27(12-28)21(37)19(29)24(42-27)36-14-31-20-22(32-17-8-7-9-17)33-26(30)34-23(20)36/h4-6,10-11,14-17,19,21,24,37H,7-9,12-13H2,1-3H3,(H,35,39)(H3,30,32,33,34)/t16-,19-,21-,24+,27+,44?/m0/s1. The van der Waals surface area contributed by atoms with Crippen molar-refractivity contribution >= 4 is 48.2 Å². The number of carbonyl (C=O) groups excluding carboxylic acids is 1. The predicted octanol–water partition coefficient (Wildman–Crippen LogP) is 3.71. The van der Waals surface area contributed by atoms with Crippen molar-refractivity contribution in [2.45, 2.75) is 82.3 Å². The first-order valence-corrected chi connectivity index (χ1v) is 16.3. The minimum absolute atomic E-state index is 0.0582. The molecule has 1 aliphatic heterocycles. The van der Waals surface area contributed by atoms with Gasteiger partial charge in [0, 0.05) is 6.04 Å². The Morgan fingerprint density at radius 2 is 2.02 bits per heavy atom. The summed E-state index contributed by atoms with van der Waals surface area (Å²) >= 11 is 6.27. The molecule has 0 bridgehead atoms. The molecule has 240 valence electrons. The van der Waals surface area contributed by atoms with Crippen molar-refractivity contribution in [3.8, 4) is 5.75 Å². The quantitative estimate of drug-likeness (QED) is 0.119. The molecule has 2 aliphatic rings. The number of esters is 1. The van der Waals surface area contributed by atoms with Gasteiger partial charge in [-0.3, -0.25) is 13.9 Å². The predicted molar refractivity (Wildman–Crippen MR) is 160 cm³/mol. The van der Waals surface area contributed by atoms with E-state index >= 15 is 4.39 Å². The van der Waals surface area contributed by atoms with Gasteiger partial charge in [0.2, 0.25) is 5.95 Å². The molecule has 1 aliphatic carbocycles. The van der Waals surface area contributed by atoms with E-state index < -0.39 is 62.5 Å². The molecule has 1 saturated carbocycles. The van der Waals surface area contributed by atoms with Crippen molar-refractivity contribution in [2.24, 2.45) is 0 Å². The number of nitrogens with zero attached hydrogens (tertiary/aromatic N) is 4. The van der Waals surface area contributed by atoms with Crippen LogP contribution in [0.3, 0.4) is 0 Å². The van der Waals surface area contributed by atoms with Gasteiger partial charge in [-0.15, -0.1) is 11.6 Å². The second-order valence-corrected chi connectivity index (χ2v) is 13.1. The van der Waals surface area contributed by atoms with Crippen LogP contribution in [-0.4, -0.2) is 79.1 Å². The number of nitrogen functional groups attached to an aromatic ring is 1. The highest BCUT2D eigenvalue weighted by atomic mass is 35.5. The Labute approximate surface area is 258 Å². The normalized spacial score (nSPS) is 25.8. The number of hydrogen-bond acceptors (Lipinski definition) is 12. The Morgan fingerprint density at radius 3 is 2.66 bits per heavy atom. The smallest absolute Gasteiger partial charge is 0.459 e. The maximum Gasteiger partial charge on any atom is 0.459 e. The van der Waals surface area contributed by atoms with Crippen LogP contribution in [0.1, 0.15) is 46.3 Å². The molecule has 2 aromatic heterocycles. The number of anilines is 2. The number of halogens is 2. The average molecular weight is 656 g/mol. The van der Waals surface area contributed by atoms with Gasteiger partial charge in [-0.25, -0.2) is 13.9 Å². The molecule has 1 unspecified atom stereocenters. The van der Waals surface area contributed by atoms with Crippen molar-refractivity contribution in [1.82, 2.24) is 24.6 Å². The lowest BCUT2D eigenvalue weighted by atomic mass is 9.93. The van der Waals surface area contributed by atoms with E-state index in [1.165, 1.54) is 30.0 Å². The summed E-state index contributed by atoms with van der Waals surface area (Å²) in [6, 6.07) is 7.19. The van der Waals surface area contributed by atoms with Gasteiger partial charge >= 0.3 is 13.7 Å². The maximum atomic E-state index is 15.8. The van der Waals surface area contributed by atoms with E-state index in [-0.39, 0.29) is 23.4 Å². The lowest BCUT2D eigenvalue weighted by molar-refractivity contribution is -0.149. The molecular weight excluding hydrogens is 620 g/mol. The first-order valence-electron chi connectivity index (χ1n) is 14.2.